The Morgan fingerprint density at radius 3 is 1.70 bits per heavy atom. The Balaban J connectivity index is 1.38. The van der Waals surface area contributed by atoms with Crippen LogP contribution < -0.4 is 32.7 Å². The van der Waals surface area contributed by atoms with Crippen molar-refractivity contribution < 1.29 is 47.6 Å². The van der Waals surface area contributed by atoms with Crippen molar-refractivity contribution in [2.45, 2.75) is 44.7 Å². The molecule has 300 valence electrons. The molecule has 16 heteroatoms. The topological polar surface area (TPSA) is 224 Å². The molecule has 0 fully saturated rings. The van der Waals surface area contributed by atoms with Gasteiger partial charge in [-0.1, -0.05) is 62.4 Å². The van der Waals surface area contributed by atoms with Crippen LogP contribution in [0.5, 0.6) is 0 Å². The molecule has 0 heterocycles. The van der Waals surface area contributed by atoms with Crippen LogP contribution in [0.4, 0.5) is 9.59 Å². The summed E-state index contributed by atoms with van der Waals surface area (Å²) in [5.74, 6) is -1.43. The molecule has 54 heavy (non-hydrogen) atoms. The lowest BCUT2D eigenvalue weighted by molar-refractivity contribution is -0.130. The quantitative estimate of drug-likeness (QED) is 0.0685. The Bertz CT molecular complexity index is 1390. The molecule has 0 saturated heterocycles. The summed E-state index contributed by atoms with van der Waals surface area (Å²) >= 11 is 0. The van der Waals surface area contributed by atoms with Crippen LogP contribution in [0.2, 0.25) is 0 Å². The van der Waals surface area contributed by atoms with Crippen molar-refractivity contribution in [1.29, 1.82) is 0 Å². The number of nitrogens with one attached hydrogen (secondary N) is 4. The molecule has 5 amide bonds. The molecule has 0 saturated carbocycles. The first-order valence-corrected chi connectivity index (χ1v) is 18.5. The SMILES string of the molecule is CC(C)[C@H](NC(=O)OCC1c2ccccc2-c2ccccc21)C(=O)N[C@@H](CCCNC(N)=O)C(=O)NCCOCCOCCOCCOCCOCCN. The third kappa shape index (κ3) is 16.0. The zero-order chi connectivity index (χ0) is 39.0. The third-order valence-electron chi connectivity index (χ3n) is 8.46. The van der Waals surface area contributed by atoms with E-state index in [1.54, 1.807) is 13.8 Å². The lowest BCUT2D eigenvalue weighted by Crippen LogP contribution is -2.55. The Kier molecular flexibility index (Phi) is 20.9. The van der Waals surface area contributed by atoms with Gasteiger partial charge in [0, 0.05) is 25.6 Å². The van der Waals surface area contributed by atoms with Crippen LogP contribution in [0.25, 0.3) is 11.1 Å². The van der Waals surface area contributed by atoms with Gasteiger partial charge < -0.3 is 61.2 Å². The number of fused-ring (bicyclic) bond motifs is 3. The van der Waals surface area contributed by atoms with Gasteiger partial charge in [0.1, 0.15) is 18.7 Å². The minimum atomic E-state index is -0.978. The van der Waals surface area contributed by atoms with Crippen molar-refractivity contribution in [3.8, 4) is 11.1 Å². The summed E-state index contributed by atoms with van der Waals surface area (Å²) in [6, 6.07) is 13.4. The van der Waals surface area contributed by atoms with Crippen molar-refractivity contribution in [1.82, 2.24) is 21.3 Å². The van der Waals surface area contributed by atoms with Gasteiger partial charge in [-0.3, -0.25) is 9.59 Å². The third-order valence-corrected chi connectivity index (χ3v) is 8.46. The molecule has 2 atom stereocenters. The van der Waals surface area contributed by atoms with Gasteiger partial charge in [-0.15, -0.1) is 0 Å². The van der Waals surface area contributed by atoms with Crippen LogP contribution in [0, 0.1) is 5.92 Å². The van der Waals surface area contributed by atoms with Crippen LogP contribution in [-0.2, 0) is 38.0 Å². The number of amides is 5. The van der Waals surface area contributed by atoms with Crippen molar-refractivity contribution in [2.24, 2.45) is 17.4 Å². The number of hydrogen-bond acceptors (Lipinski definition) is 11. The summed E-state index contributed by atoms with van der Waals surface area (Å²) < 4.78 is 32.7. The number of carbonyl (C=O) groups excluding carboxylic acids is 4. The molecule has 16 nitrogen and oxygen atoms in total. The van der Waals surface area contributed by atoms with Gasteiger partial charge >= 0.3 is 12.1 Å². The monoisotopic (exact) mass is 758 g/mol. The lowest BCUT2D eigenvalue weighted by Gasteiger charge is -2.25. The van der Waals surface area contributed by atoms with E-state index in [4.69, 9.17) is 39.9 Å². The second-order valence-corrected chi connectivity index (χ2v) is 12.8. The van der Waals surface area contributed by atoms with Gasteiger partial charge in [-0.25, -0.2) is 9.59 Å². The summed E-state index contributed by atoms with van der Waals surface area (Å²) in [6.45, 7) is 8.69. The molecular formula is C38H58N6O10. The van der Waals surface area contributed by atoms with Gasteiger partial charge in [-0.05, 0) is 41.0 Å². The van der Waals surface area contributed by atoms with E-state index >= 15 is 0 Å². The van der Waals surface area contributed by atoms with Crippen molar-refractivity contribution in [3.05, 3.63) is 59.7 Å². The largest absolute Gasteiger partial charge is 0.449 e. The summed E-state index contributed by atoms with van der Waals surface area (Å²) in [4.78, 5) is 50.8. The summed E-state index contributed by atoms with van der Waals surface area (Å²) in [7, 11) is 0. The maximum absolute atomic E-state index is 13.5. The highest BCUT2D eigenvalue weighted by atomic mass is 16.6. The van der Waals surface area contributed by atoms with Crippen LogP contribution >= 0.6 is 0 Å². The summed E-state index contributed by atoms with van der Waals surface area (Å²) in [5, 5.41) is 10.7. The lowest BCUT2D eigenvalue weighted by atomic mass is 9.98. The van der Waals surface area contributed by atoms with E-state index in [1.165, 1.54) is 0 Å². The van der Waals surface area contributed by atoms with E-state index < -0.39 is 36.0 Å². The predicted octanol–water partition coefficient (Wildman–Crippen LogP) is 1.64. The van der Waals surface area contributed by atoms with E-state index in [2.05, 4.69) is 33.4 Å². The number of alkyl carbamates (subject to hydrolysis) is 1. The number of carbonyl (C=O) groups is 4. The van der Waals surface area contributed by atoms with E-state index in [0.29, 0.717) is 72.4 Å². The van der Waals surface area contributed by atoms with E-state index in [9.17, 15) is 19.2 Å². The van der Waals surface area contributed by atoms with Crippen LogP contribution in [0.1, 0.15) is 43.7 Å². The second kappa shape index (κ2) is 25.7. The first kappa shape index (κ1) is 44.1. The standard InChI is InChI=1S/C38H58N6O10/c1-27(2)34(44-38(48)54-26-32-30-10-5-3-8-28(30)29-9-4-6-11-31(29)32)36(46)43-33(12-7-14-42-37(40)47)35(45)41-15-17-50-19-21-52-23-25-53-24-22-51-20-18-49-16-13-39/h3-6,8-11,27,32-34H,7,12-26,39H2,1-2H3,(H,41,45)(H,43,46)(H,44,48)(H3,40,42,47)/t33-,34-/m0/s1. The van der Waals surface area contributed by atoms with Crippen LogP contribution in [-0.4, -0.2) is 128 Å². The zero-order valence-electron chi connectivity index (χ0n) is 31.5. The Morgan fingerprint density at radius 1 is 0.667 bits per heavy atom. The number of primary amides is 1. The molecule has 2 aromatic rings. The van der Waals surface area contributed by atoms with Crippen molar-refractivity contribution >= 4 is 23.9 Å². The minimum Gasteiger partial charge on any atom is -0.449 e. The highest BCUT2D eigenvalue weighted by Crippen LogP contribution is 2.44. The van der Waals surface area contributed by atoms with E-state index in [1.807, 2.05) is 36.4 Å². The number of rotatable bonds is 28. The van der Waals surface area contributed by atoms with Crippen molar-refractivity contribution in [3.63, 3.8) is 0 Å². The molecule has 3 rings (SSSR count). The maximum atomic E-state index is 13.5. The molecule has 0 spiro atoms. The summed E-state index contributed by atoms with van der Waals surface area (Å²) in [5.41, 5.74) is 14.9. The van der Waals surface area contributed by atoms with Gasteiger partial charge in [-0.2, -0.15) is 0 Å². The fourth-order valence-corrected chi connectivity index (χ4v) is 5.78. The fourth-order valence-electron chi connectivity index (χ4n) is 5.78. The second-order valence-electron chi connectivity index (χ2n) is 12.8. The summed E-state index contributed by atoms with van der Waals surface area (Å²) in [6.07, 6.45) is -0.168. The zero-order valence-corrected chi connectivity index (χ0v) is 31.5. The molecule has 0 radical (unpaired) electrons. The number of hydrogen-bond donors (Lipinski definition) is 6. The molecule has 0 aromatic heterocycles. The molecule has 0 unspecified atom stereocenters. The Hall–Kier alpha value is -4.32. The van der Waals surface area contributed by atoms with Gasteiger partial charge in [0.25, 0.3) is 0 Å². The van der Waals surface area contributed by atoms with E-state index in [0.717, 1.165) is 22.3 Å². The van der Waals surface area contributed by atoms with Gasteiger partial charge in [0.2, 0.25) is 11.8 Å². The van der Waals surface area contributed by atoms with E-state index in [-0.39, 0.29) is 44.6 Å². The average Bonchev–Trinajstić information content (AvgIpc) is 3.48. The van der Waals surface area contributed by atoms with Crippen LogP contribution in [0.3, 0.4) is 0 Å². The first-order valence-electron chi connectivity index (χ1n) is 18.5. The van der Waals surface area contributed by atoms with Gasteiger partial charge in [0.05, 0.1) is 66.1 Å². The number of benzene rings is 2. The highest BCUT2D eigenvalue weighted by Gasteiger charge is 2.32. The smallest absolute Gasteiger partial charge is 0.407 e. The van der Waals surface area contributed by atoms with Crippen molar-refractivity contribution in [2.75, 3.05) is 92.3 Å². The predicted molar refractivity (Wildman–Crippen MR) is 202 cm³/mol. The number of nitrogens with two attached hydrogens (primary N) is 2. The first-order chi connectivity index (χ1) is 26.2. The fraction of sp³-hybridized carbons (Fsp3) is 0.579. The van der Waals surface area contributed by atoms with Gasteiger partial charge in [0.15, 0.2) is 0 Å². The molecule has 0 bridgehead atoms. The molecule has 1 aliphatic carbocycles. The number of urea groups is 1. The molecule has 2 aromatic carbocycles. The normalized spacial score (nSPS) is 13.1. The average molecular weight is 759 g/mol. The Labute approximate surface area is 317 Å². The Morgan fingerprint density at radius 2 is 1.19 bits per heavy atom. The molecule has 0 aliphatic heterocycles. The van der Waals surface area contributed by atoms with Crippen LogP contribution in [0.15, 0.2) is 48.5 Å². The minimum absolute atomic E-state index is 0.0934. The highest BCUT2D eigenvalue weighted by molar-refractivity contribution is 5.91. The molecule has 1 aliphatic rings. The maximum Gasteiger partial charge on any atom is 0.407 e. The molecular weight excluding hydrogens is 700 g/mol. The number of ether oxygens (including phenoxy) is 6. The molecule has 8 N–H and O–H groups in total.